The molecule has 7 nitrogen and oxygen atoms in total. The van der Waals surface area contributed by atoms with Gasteiger partial charge in [-0.05, 0) is 71.5 Å². The summed E-state index contributed by atoms with van der Waals surface area (Å²) in [6, 6.07) is 9.45. The summed E-state index contributed by atoms with van der Waals surface area (Å²) < 4.78 is 11.2. The van der Waals surface area contributed by atoms with Crippen LogP contribution in [0.15, 0.2) is 40.9 Å². The fraction of sp³-hybridized carbons (Fsp3) is 0.167. The number of halogens is 3. The van der Waals surface area contributed by atoms with Crippen LogP contribution in [-0.2, 0) is 4.79 Å². The summed E-state index contributed by atoms with van der Waals surface area (Å²) >= 11 is 20.2. The molecule has 0 radical (unpaired) electrons. The SMILES string of the molecule is COc1ccc(C(=O)NC(=S)NNC(=O)C(C)Oc2ccc(Cl)cc2Cl)cc1Br. The lowest BCUT2D eigenvalue weighted by Crippen LogP contribution is -2.51. The average molecular weight is 521 g/mol. The molecule has 0 saturated carbocycles. The van der Waals surface area contributed by atoms with Crippen LogP contribution in [0.5, 0.6) is 11.5 Å². The highest BCUT2D eigenvalue weighted by Gasteiger charge is 2.17. The van der Waals surface area contributed by atoms with Crippen LogP contribution in [0.25, 0.3) is 0 Å². The van der Waals surface area contributed by atoms with Crippen LogP contribution in [0.4, 0.5) is 0 Å². The van der Waals surface area contributed by atoms with Gasteiger partial charge < -0.3 is 9.47 Å². The summed E-state index contributed by atoms with van der Waals surface area (Å²) in [4.78, 5) is 24.4. The molecule has 1 atom stereocenters. The van der Waals surface area contributed by atoms with Crippen molar-refractivity contribution in [2.75, 3.05) is 7.11 Å². The lowest BCUT2D eigenvalue weighted by Gasteiger charge is -2.17. The van der Waals surface area contributed by atoms with E-state index in [0.29, 0.717) is 26.6 Å². The first-order chi connectivity index (χ1) is 13.7. The van der Waals surface area contributed by atoms with Crippen molar-refractivity contribution in [3.8, 4) is 11.5 Å². The van der Waals surface area contributed by atoms with Gasteiger partial charge in [-0.2, -0.15) is 0 Å². The molecule has 0 fully saturated rings. The van der Waals surface area contributed by atoms with E-state index < -0.39 is 17.9 Å². The molecule has 11 heteroatoms. The first kappa shape index (κ1) is 23.2. The number of amides is 2. The van der Waals surface area contributed by atoms with Crippen molar-refractivity contribution in [1.82, 2.24) is 16.2 Å². The summed E-state index contributed by atoms with van der Waals surface area (Å²) in [5, 5.41) is 3.08. The summed E-state index contributed by atoms with van der Waals surface area (Å²) in [6.45, 7) is 1.53. The third kappa shape index (κ3) is 6.74. The number of rotatable bonds is 5. The molecule has 154 valence electrons. The second-order valence-electron chi connectivity index (χ2n) is 5.58. The summed E-state index contributed by atoms with van der Waals surface area (Å²) in [5.41, 5.74) is 5.14. The van der Waals surface area contributed by atoms with E-state index in [-0.39, 0.29) is 10.1 Å². The van der Waals surface area contributed by atoms with Crippen molar-refractivity contribution >= 4 is 68.3 Å². The maximum atomic E-state index is 12.2. The fourth-order valence-electron chi connectivity index (χ4n) is 2.05. The number of thiocarbonyl (C=S) groups is 1. The lowest BCUT2D eigenvalue weighted by atomic mass is 10.2. The number of hydrogen-bond donors (Lipinski definition) is 3. The number of carbonyl (C=O) groups excluding carboxylic acids is 2. The Morgan fingerprint density at radius 3 is 2.41 bits per heavy atom. The predicted molar refractivity (Wildman–Crippen MR) is 119 cm³/mol. The molecule has 3 N–H and O–H groups in total. The van der Waals surface area contributed by atoms with Crippen LogP contribution in [-0.4, -0.2) is 30.1 Å². The van der Waals surface area contributed by atoms with Gasteiger partial charge in [-0.15, -0.1) is 0 Å². The normalized spacial score (nSPS) is 11.2. The Morgan fingerprint density at radius 2 is 1.79 bits per heavy atom. The monoisotopic (exact) mass is 519 g/mol. The number of methoxy groups -OCH3 is 1. The first-order valence-electron chi connectivity index (χ1n) is 8.07. The van der Waals surface area contributed by atoms with Crippen molar-refractivity contribution in [2.24, 2.45) is 0 Å². The van der Waals surface area contributed by atoms with Crippen molar-refractivity contribution in [1.29, 1.82) is 0 Å². The Bertz CT molecular complexity index is 945. The largest absolute Gasteiger partial charge is 0.496 e. The molecule has 0 heterocycles. The summed E-state index contributed by atoms with van der Waals surface area (Å²) in [6.07, 6.45) is -0.891. The highest BCUT2D eigenvalue weighted by Crippen LogP contribution is 2.28. The molecule has 0 aromatic heterocycles. The third-order valence-electron chi connectivity index (χ3n) is 3.51. The molecule has 0 spiro atoms. The minimum absolute atomic E-state index is 0.0907. The first-order valence-corrected chi connectivity index (χ1v) is 10.0. The number of hydrazine groups is 1. The Kier molecular flexibility index (Phi) is 8.51. The minimum Gasteiger partial charge on any atom is -0.496 e. The molecule has 29 heavy (non-hydrogen) atoms. The van der Waals surface area contributed by atoms with Gasteiger partial charge in [-0.1, -0.05) is 23.2 Å². The zero-order valence-electron chi connectivity index (χ0n) is 15.2. The number of ether oxygens (including phenoxy) is 2. The van der Waals surface area contributed by atoms with E-state index >= 15 is 0 Å². The maximum absolute atomic E-state index is 12.2. The quantitative estimate of drug-likeness (QED) is 0.409. The van der Waals surface area contributed by atoms with Gasteiger partial charge in [0.05, 0.1) is 16.6 Å². The minimum atomic E-state index is -0.891. The van der Waals surface area contributed by atoms with Crippen LogP contribution in [0.1, 0.15) is 17.3 Å². The highest BCUT2D eigenvalue weighted by atomic mass is 79.9. The van der Waals surface area contributed by atoms with E-state index in [9.17, 15) is 9.59 Å². The topological polar surface area (TPSA) is 88.7 Å². The van der Waals surface area contributed by atoms with Gasteiger partial charge in [-0.3, -0.25) is 25.8 Å². The van der Waals surface area contributed by atoms with Crippen LogP contribution in [0, 0.1) is 0 Å². The van der Waals surface area contributed by atoms with E-state index in [1.165, 1.54) is 20.1 Å². The number of nitrogens with one attached hydrogen (secondary N) is 3. The van der Waals surface area contributed by atoms with Gasteiger partial charge in [0.1, 0.15) is 11.5 Å². The molecule has 0 saturated heterocycles. The maximum Gasteiger partial charge on any atom is 0.279 e. The van der Waals surface area contributed by atoms with Crippen LogP contribution < -0.4 is 25.6 Å². The van der Waals surface area contributed by atoms with Gasteiger partial charge in [0.2, 0.25) is 0 Å². The van der Waals surface area contributed by atoms with E-state index in [2.05, 4.69) is 32.1 Å². The number of benzene rings is 2. The van der Waals surface area contributed by atoms with Crippen molar-refractivity contribution in [2.45, 2.75) is 13.0 Å². The van der Waals surface area contributed by atoms with Crippen molar-refractivity contribution in [3.05, 3.63) is 56.5 Å². The van der Waals surface area contributed by atoms with Gasteiger partial charge in [-0.25, -0.2) is 0 Å². The molecule has 0 aliphatic rings. The van der Waals surface area contributed by atoms with Crippen LogP contribution in [0.2, 0.25) is 10.0 Å². The van der Waals surface area contributed by atoms with Gasteiger partial charge in [0.25, 0.3) is 11.8 Å². The van der Waals surface area contributed by atoms with Gasteiger partial charge in [0, 0.05) is 10.6 Å². The Morgan fingerprint density at radius 1 is 1.10 bits per heavy atom. The van der Waals surface area contributed by atoms with Crippen LogP contribution >= 0.6 is 51.3 Å². The molecular formula is C18H16BrCl2N3O4S. The second-order valence-corrected chi connectivity index (χ2v) is 7.69. The van der Waals surface area contributed by atoms with E-state index in [1.807, 2.05) is 0 Å². The van der Waals surface area contributed by atoms with Gasteiger partial charge in [0.15, 0.2) is 11.2 Å². The highest BCUT2D eigenvalue weighted by molar-refractivity contribution is 9.10. The van der Waals surface area contributed by atoms with E-state index in [1.54, 1.807) is 30.3 Å². The van der Waals surface area contributed by atoms with Crippen LogP contribution in [0.3, 0.4) is 0 Å². The third-order valence-corrected chi connectivity index (χ3v) is 4.86. The summed E-state index contributed by atoms with van der Waals surface area (Å²) in [5.74, 6) is -0.0962. The van der Waals surface area contributed by atoms with Crippen molar-refractivity contribution < 1.29 is 19.1 Å². The molecule has 0 aliphatic heterocycles. The predicted octanol–water partition coefficient (Wildman–Crippen LogP) is 3.87. The van der Waals surface area contributed by atoms with E-state index in [4.69, 9.17) is 44.9 Å². The molecule has 2 aromatic rings. The molecule has 0 aliphatic carbocycles. The second kappa shape index (κ2) is 10.6. The zero-order valence-corrected chi connectivity index (χ0v) is 19.1. The Balaban J connectivity index is 1.85. The Hall–Kier alpha value is -2.07. The molecular weight excluding hydrogens is 505 g/mol. The Labute approximate surface area is 191 Å². The van der Waals surface area contributed by atoms with Crippen molar-refractivity contribution in [3.63, 3.8) is 0 Å². The molecule has 2 amide bonds. The standard InChI is InChI=1S/C18H16BrCl2N3O4S/c1-9(28-15-6-4-11(20)8-13(15)21)16(25)23-24-18(29)22-17(26)10-3-5-14(27-2)12(19)7-10/h3-9H,1-2H3,(H,23,25)(H2,22,24,26,29). The molecule has 1 unspecified atom stereocenters. The summed E-state index contributed by atoms with van der Waals surface area (Å²) in [7, 11) is 1.52. The molecule has 0 bridgehead atoms. The fourth-order valence-corrected chi connectivity index (χ4v) is 3.19. The number of carbonyl (C=O) groups is 2. The molecule has 2 rings (SSSR count). The van der Waals surface area contributed by atoms with Gasteiger partial charge >= 0.3 is 0 Å². The number of hydrogen-bond acceptors (Lipinski definition) is 5. The lowest BCUT2D eigenvalue weighted by molar-refractivity contribution is -0.127. The van der Waals surface area contributed by atoms with E-state index in [0.717, 1.165) is 0 Å². The zero-order chi connectivity index (χ0) is 21.6. The molecule has 2 aromatic carbocycles. The average Bonchev–Trinajstić information content (AvgIpc) is 2.68. The smallest absolute Gasteiger partial charge is 0.279 e.